The van der Waals surface area contributed by atoms with Crippen LogP contribution in [0.15, 0.2) is 41.7 Å². The molecular weight excluding hydrogens is 469 g/mol. The normalized spacial score (nSPS) is 10.9. The zero-order chi connectivity index (χ0) is 24.0. The quantitative estimate of drug-likeness (QED) is 0.439. The molecule has 0 radical (unpaired) electrons. The van der Waals surface area contributed by atoms with Crippen LogP contribution in [0.2, 0.25) is 10.0 Å². The summed E-state index contributed by atoms with van der Waals surface area (Å²) in [5.41, 5.74) is 7.00. The van der Waals surface area contributed by atoms with E-state index in [-0.39, 0.29) is 27.1 Å². The minimum absolute atomic E-state index is 0.185. The van der Waals surface area contributed by atoms with Crippen molar-refractivity contribution in [2.75, 3.05) is 31.4 Å². The fourth-order valence-corrected chi connectivity index (χ4v) is 3.87. The molecule has 9 nitrogen and oxygen atoms in total. The number of hydrogen-bond donors (Lipinski definition) is 2. The Kier molecular flexibility index (Phi) is 8.40. The van der Waals surface area contributed by atoms with Crippen LogP contribution >= 0.6 is 23.2 Å². The van der Waals surface area contributed by atoms with E-state index in [1.165, 1.54) is 12.5 Å². The maximum absolute atomic E-state index is 13.2. The van der Waals surface area contributed by atoms with Crippen LogP contribution in [0.4, 0.5) is 11.5 Å². The molecule has 11 heteroatoms. The molecule has 174 valence electrons. The monoisotopic (exact) mass is 491 g/mol. The molecule has 0 unspecified atom stereocenters. The summed E-state index contributed by atoms with van der Waals surface area (Å²) in [7, 11) is 1.54. The molecule has 0 bridgehead atoms. The zero-order valence-electron chi connectivity index (χ0n) is 18.1. The number of halogens is 2. The smallest absolute Gasteiger partial charge is 0.273 e. The number of hydrogen-bond acceptors (Lipinski definition) is 7. The molecule has 3 aromatic rings. The second-order valence-corrected chi connectivity index (χ2v) is 7.82. The van der Waals surface area contributed by atoms with Crippen molar-refractivity contribution in [3.05, 3.63) is 74.0 Å². The van der Waals surface area contributed by atoms with E-state index >= 15 is 0 Å². The largest absolute Gasteiger partial charge is 0.383 e. The minimum atomic E-state index is -0.730. The molecule has 1 aromatic carbocycles. The predicted molar refractivity (Wildman–Crippen MR) is 127 cm³/mol. The van der Waals surface area contributed by atoms with Crippen molar-refractivity contribution in [3.8, 4) is 5.69 Å². The summed E-state index contributed by atoms with van der Waals surface area (Å²) in [6.07, 6.45) is 4.95. The fourth-order valence-electron chi connectivity index (χ4n) is 3.16. The maximum atomic E-state index is 13.2. The predicted octanol–water partition coefficient (Wildman–Crippen LogP) is 3.49. The van der Waals surface area contributed by atoms with Gasteiger partial charge in [-0.3, -0.25) is 19.1 Å². The fraction of sp³-hybridized carbons (Fsp3) is 0.273. The Labute approximate surface area is 200 Å². The van der Waals surface area contributed by atoms with Crippen molar-refractivity contribution in [2.24, 2.45) is 0 Å². The maximum Gasteiger partial charge on any atom is 0.273 e. The van der Waals surface area contributed by atoms with Gasteiger partial charge in [-0.15, -0.1) is 0 Å². The van der Waals surface area contributed by atoms with Crippen molar-refractivity contribution in [1.29, 1.82) is 0 Å². The van der Waals surface area contributed by atoms with E-state index in [9.17, 15) is 9.59 Å². The van der Waals surface area contributed by atoms with E-state index in [0.29, 0.717) is 31.9 Å². The topological polar surface area (TPSA) is 121 Å². The molecule has 0 atom stereocenters. The highest BCUT2D eigenvalue weighted by atomic mass is 35.5. The average Bonchev–Trinajstić information content (AvgIpc) is 2.75. The number of carbonyl (C=O) groups excluding carboxylic acids is 1. The van der Waals surface area contributed by atoms with Gasteiger partial charge in [-0.1, -0.05) is 23.2 Å². The molecule has 0 saturated carbocycles. The van der Waals surface area contributed by atoms with E-state index in [1.54, 1.807) is 31.5 Å². The first-order valence-electron chi connectivity index (χ1n) is 10.0. The average molecular weight is 492 g/mol. The number of pyridine rings is 1. The summed E-state index contributed by atoms with van der Waals surface area (Å²) in [5.74, 6) is -0.955. The number of benzene rings is 1. The lowest BCUT2D eigenvalue weighted by Gasteiger charge is -2.14. The number of rotatable bonds is 9. The SMILES string of the molecule is CCOCCc1cncc(NC(=O)c2c(N)ncn(-c3c(Cl)cc(COC)cc3Cl)c2=O)c1. The number of aromatic nitrogens is 3. The van der Waals surface area contributed by atoms with Crippen LogP contribution in [0.25, 0.3) is 5.69 Å². The Morgan fingerprint density at radius 2 is 1.91 bits per heavy atom. The van der Waals surface area contributed by atoms with Gasteiger partial charge in [-0.25, -0.2) is 4.98 Å². The molecule has 1 amide bonds. The minimum Gasteiger partial charge on any atom is -0.383 e. The third-order valence-corrected chi connectivity index (χ3v) is 5.22. The number of carbonyl (C=O) groups is 1. The number of nitrogen functional groups attached to an aromatic ring is 1. The molecule has 0 saturated heterocycles. The molecular formula is C22H23Cl2N5O4. The Balaban J connectivity index is 1.93. The van der Waals surface area contributed by atoms with Gasteiger partial charge in [0.1, 0.15) is 17.7 Å². The summed E-state index contributed by atoms with van der Waals surface area (Å²) in [4.78, 5) is 34.2. The van der Waals surface area contributed by atoms with Gasteiger partial charge < -0.3 is 20.5 Å². The molecule has 3 N–H and O–H groups in total. The summed E-state index contributed by atoms with van der Waals surface area (Å²) in [5, 5.41) is 3.04. The Morgan fingerprint density at radius 3 is 2.58 bits per heavy atom. The van der Waals surface area contributed by atoms with E-state index in [4.69, 9.17) is 38.4 Å². The highest BCUT2D eigenvalue weighted by Gasteiger charge is 2.21. The molecule has 0 fully saturated rings. The second kappa shape index (κ2) is 11.2. The van der Waals surface area contributed by atoms with Gasteiger partial charge in [-0.2, -0.15) is 0 Å². The van der Waals surface area contributed by atoms with Gasteiger partial charge in [0, 0.05) is 19.9 Å². The van der Waals surface area contributed by atoms with Crippen molar-refractivity contribution in [3.63, 3.8) is 0 Å². The van der Waals surface area contributed by atoms with E-state index < -0.39 is 11.5 Å². The first kappa shape index (κ1) is 24.7. The number of methoxy groups -OCH3 is 1. The molecule has 0 spiro atoms. The first-order valence-corrected chi connectivity index (χ1v) is 10.8. The van der Waals surface area contributed by atoms with Crippen LogP contribution in [0, 0.1) is 0 Å². The number of amides is 1. The van der Waals surface area contributed by atoms with E-state index in [0.717, 1.165) is 15.7 Å². The lowest BCUT2D eigenvalue weighted by molar-refractivity contribution is 0.102. The number of nitrogens with one attached hydrogen (secondary N) is 1. The summed E-state index contributed by atoms with van der Waals surface area (Å²) in [6.45, 7) is 3.34. The Hall–Kier alpha value is -2.98. The van der Waals surface area contributed by atoms with Crippen molar-refractivity contribution in [2.45, 2.75) is 20.0 Å². The van der Waals surface area contributed by atoms with Gasteiger partial charge in [0.05, 0.1) is 40.8 Å². The van der Waals surface area contributed by atoms with Crippen molar-refractivity contribution < 1.29 is 14.3 Å². The second-order valence-electron chi connectivity index (χ2n) is 7.00. The summed E-state index contributed by atoms with van der Waals surface area (Å²) < 4.78 is 11.5. The number of nitrogens with zero attached hydrogens (tertiary/aromatic N) is 3. The Bertz CT molecular complexity index is 1190. The van der Waals surface area contributed by atoms with E-state index in [2.05, 4.69) is 15.3 Å². The van der Waals surface area contributed by atoms with Crippen molar-refractivity contribution >= 4 is 40.6 Å². The van der Waals surface area contributed by atoms with Gasteiger partial charge in [0.25, 0.3) is 11.5 Å². The highest BCUT2D eigenvalue weighted by molar-refractivity contribution is 6.37. The van der Waals surface area contributed by atoms with Crippen molar-refractivity contribution in [1.82, 2.24) is 14.5 Å². The van der Waals surface area contributed by atoms with E-state index in [1.807, 2.05) is 6.92 Å². The van der Waals surface area contributed by atoms with Crippen LogP contribution < -0.4 is 16.6 Å². The van der Waals surface area contributed by atoms with Gasteiger partial charge >= 0.3 is 0 Å². The number of ether oxygens (including phenoxy) is 2. The van der Waals surface area contributed by atoms with Gasteiger partial charge in [0.2, 0.25) is 0 Å². The summed E-state index contributed by atoms with van der Waals surface area (Å²) in [6, 6.07) is 4.99. The van der Waals surface area contributed by atoms with Crippen LogP contribution in [-0.4, -0.2) is 40.8 Å². The Morgan fingerprint density at radius 1 is 1.18 bits per heavy atom. The standard InChI is InChI=1S/C22H23Cl2N5O4/c1-3-33-5-4-13-6-15(10-26-9-13)28-21(30)18-20(25)27-12-29(22(18)31)19-16(23)7-14(11-32-2)8-17(19)24/h6-10,12H,3-5,11,25H2,1-2H3,(H,28,30). The molecule has 3 rings (SSSR count). The zero-order valence-corrected chi connectivity index (χ0v) is 19.6. The number of nitrogens with two attached hydrogens (primary N) is 1. The summed E-state index contributed by atoms with van der Waals surface area (Å²) >= 11 is 12.7. The highest BCUT2D eigenvalue weighted by Crippen LogP contribution is 2.30. The molecule has 2 aromatic heterocycles. The first-order chi connectivity index (χ1) is 15.8. The molecule has 0 aliphatic heterocycles. The number of anilines is 2. The van der Waals surface area contributed by atoms with Gasteiger partial charge in [-0.05, 0) is 42.7 Å². The molecule has 0 aliphatic rings. The van der Waals surface area contributed by atoms with Crippen LogP contribution in [0.5, 0.6) is 0 Å². The lowest BCUT2D eigenvalue weighted by Crippen LogP contribution is -2.31. The van der Waals surface area contributed by atoms with Crippen LogP contribution in [0.1, 0.15) is 28.4 Å². The lowest BCUT2D eigenvalue weighted by atomic mass is 10.2. The molecule has 33 heavy (non-hydrogen) atoms. The third-order valence-electron chi connectivity index (χ3n) is 4.65. The third kappa shape index (κ3) is 5.88. The molecule has 0 aliphatic carbocycles. The van der Waals surface area contributed by atoms with Crippen LogP contribution in [-0.2, 0) is 22.5 Å². The van der Waals surface area contributed by atoms with Crippen LogP contribution in [0.3, 0.4) is 0 Å². The molecule has 2 heterocycles. The van der Waals surface area contributed by atoms with Gasteiger partial charge in [0.15, 0.2) is 0 Å².